The molecule has 2 heterocycles. The van der Waals surface area contributed by atoms with Crippen LogP contribution in [0.2, 0.25) is 5.02 Å². The summed E-state index contributed by atoms with van der Waals surface area (Å²) < 4.78 is 46.2. The number of halogens is 4. The number of nitrogens with one attached hydrogen (secondary N) is 2. The summed E-state index contributed by atoms with van der Waals surface area (Å²) in [5.74, 6) is -0.846. The molecule has 11 heteroatoms. The van der Waals surface area contributed by atoms with E-state index in [4.69, 9.17) is 16.0 Å². The van der Waals surface area contributed by atoms with Gasteiger partial charge in [0, 0.05) is 42.2 Å². The summed E-state index contributed by atoms with van der Waals surface area (Å²) in [7, 11) is 3.85. The molecule has 0 unspecified atom stereocenters. The Morgan fingerprint density at radius 2 is 1.67 bits per heavy atom. The van der Waals surface area contributed by atoms with Gasteiger partial charge in [0.2, 0.25) is 11.7 Å². The van der Waals surface area contributed by atoms with Crippen LogP contribution in [0.4, 0.5) is 24.9 Å². The number of para-hydroxylation sites is 1. The Bertz CT molecular complexity index is 1480. The number of hydrogen-bond donors (Lipinski definition) is 2. The molecule has 39 heavy (non-hydrogen) atoms. The number of alkyl halides is 3. The Morgan fingerprint density at radius 3 is 2.33 bits per heavy atom. The van der Waals surface area contributed by atoms with Gasteiger partial charge in [-0.25, -0.2) is 4.98 Å². The van der Waals surface area contributed by atoms with Gasteiger partial charge in [-0.05, 0) is 68.1 Å². The summed E-state index contributed by atoms with van der Waals surface area (Å²) >= 11 is 5.88. The summed E-state index contributed by atoms with van der Waals surface area (Å²) in [6, 6.07) is 14.9. The lowest BCUT2D eigenvalue weighted by Crippen LogP contribution is -2.40. The van der Waals surface area contributed by atoms with Gasteiger partial charge in [0.1, 0.15) is 11.6 Å². The van der Waals surface area contributed by atoms with Crippen LogP contribution in [-0.2, 0) is 6.18 Å². The van der Waals surface area contributed by atoms with Crippen molar-refractivity contribution in [3.63, 3.8) is 0 Å². The minimum absolute atomic E-state index is 0.0514. The lowest BCUT2D eigenvalue weighted by molar-refractivity contribution is -0.153. The number of carbonyl (C=O) groups is 1. The first-order valence-electron chi connectivity index (χ1n) is 12.6. The third kappa shape index (κ3) is 5.95. The van der Waals surface area contributed by atoms with Crippen molar-refractivity contribution in [2.24, 2.45) is 0 Å². The topological polar surface area (TPSA) is 83.3 Å². The molecule has 1 saturated carbocycles. The second-order valence-electron chi connectivity index (χ2n) is 9.81. The van der Waals surface area contributed by atoms with E-state index in [1.165, 1.54) is 12.1 Å². The maximum Gasteiger partial charge on any atom is 0.450 e. The molecule has 0 radical (unpaired) electrons. The maximum atomic E-state index is 13.7. The normalized spacial score (nSPS) is 17.7. The Kier molecular flexibility index (Phi) is 7.40. The monoisotopic (exact) mass is 557 g/mol. The van der Waals surface area contributed by atoms with Crippen molar-refractivity contribution >= 4 is 40.2 Å². The van der Waals surface area contributed by atoms with Crippen molar-refractivity contribution < 1.29 is 22.4 Å². The molecular weight excluding hydrogens is 531 g/mol. The van der Waals surface area contributed by atoms with E-state index >= 15 is 0 Å². The van der Waals surface area contributed by atoms with Gasteiger partial charge < -0.3 is 20.0 Å². The first-order chi connectivity index (χ1) is 18.6. The van der Waals surface area contributed by atoms with E-state index in [0.717, 1.165) is 22.8 Å². The molecule has 0 aliphatic heterocycles. The fraction of sp³-hybridized carbons (Fsp3) is 0.321. The number of carbonyl (C=O) groups excluding carboxylic acids is 1. The fourth-order valence-electron chi connectivity index (χ4n) is 4.82. The number of hydrogen-bond acceptors (Lipinski definition) is 6. The Balaban J connectivity index is 1.25. The third-order valence-corrected chi connectivity index (χ3v) is 7.02. The standard InChI is InChI=1S/C28H27ClF3N5O2/c1-37(2)25-20-5-3-4-6-22(20)35-27(36-25)34-19-13-11-18(12-14-19)33-26(38)21-15-23(39-24(21)28(30,31)32)16-7-9-17(29)10-8-16/h3-10,15,18-19H,11-14H2,1-2H3,(H,33,38)(H,34,35,36)/t18-,19+. The highest BCUT2D eigenvalue weighted by atomic mass is 35.5. The quantitative estimate of drug-likeness (QED) is 0.272. The van der Waals surface area contributed by atoms with Crippen molar-refractivity contribution in [2.45, 2.75) is 43.9 Å². The molecule has 2 N–H and O–H groups in total. The summed E-state index contributed by atoms with van der Waals surface area (Å²) in [5, 5.41) is 7.56. The highest BCUT2D eigenvalue weighted by Gasteiger charge is 2.41. The zero-order valence-corrected chi connectivity index (χ0v) is 22.1. The molecule has 7 nitrogen and oxygen atoms in total. The van der Waals surface area contributed by atoms with Crippen molar-refractivity contribution in [1.29, 1.82) is 0 Å². The number of fused-ring (bicyclic) bond motifs is 1. The molecule has 0 bridgehead atoms. The van der Waals surface area contributed by atoms with Crippen LogP contribution >= 0.6 is 11.6 Å². The van der Waals surface area contributed by atoms with Gasteiger partial charge in [-0.3, -0.25) is 4.79 Å². The Morgan fingerprint density at radius 1 is 1.00 bits per heavy atom. The number of nitrogens with zero attached hydrogens (tertiary/aromatic N) is 3. The summed E-state index contributed by atoms with van der Waals surface area (Å²) in [6.07, 6.45) is -2.22. The molecule has 5 rings (SSSR count). The lowest BCUT2D eigenvalue weighted by atomic mass is 9.91. The number of benzene rings is 2. The largest absolute Gasteiger partial charge is 0.451 e. The minimum atomic E-state index is -4.82. The van der Waals surface area contributed by atoms with Gasteiger partial charge in [-0.1, -0.05) is 23.7 Å². The molecule has 0 saturated heterocycles. The zero-order chi connectivity index (χ0) is 27.7. The van der Waals surface area contributed by atoms with E-state index < -0.39 is 23.4 Å². The molecule has 4 aromatic rings. The molecule has 1 aliphatic rings. The van der Waals surface area contributed by atoms with E-state index in [0.29, 0.717) is 42.2 Å². The SMILES string of the molecule is CN(C)c1nc(N[C@H]2CC[C@@H](NC(=O)c3cc(-c4ccc(Cl)cc4)oc3C(F)(F)F)CC2)nc2ccccc12. The molecule has 204 valence electrons. The number of rotatable bonds is 6. The number of amides is 1. The smallest absolute Gasteiger partial charge is 0.450 e. The second-order valence-corrected chi connectivity index (χ2v) is 10.2. The number of furan rings is 1. The van der Waals surface area contributed by atoms with Crippen LogP contribution in [0.5, 0.6) is 0 Å². The maximum absolute atomic E-state index is 13.7. The van der Waals surface area contributed by atoms with E-state index in [-0.39, 0.29) is 17.8 Å². The zero-order valence-electron chi connectivity index (χ0n) is 21.3. The van der Waals surface area contributed by atoms with Crippen molar-refractivity contribution in [2.75, 3.05) is 24.3 Å². The van der Waals surface area contributed by atoms with Crippen LogP contribution in [-0.4, -0.2) is 42.1 Å². The summed E-state index contributed by atoms with van der Waals surface area (Å²) in [6.45, 7) is 0. The molecule has 1 amide bonds. The highest BCUT2D eigenvalue weighted by Crippen LogP contribution is 2.37. The highest BCUT2D eigenvalue weighted by molar-refractivity contribution is 6.30. The first kappa shape index (κ1) is 26.8. The Labute approximate surface area is 228 Å². The van der Waals surface area contributed by atoms with Gasteiger partial charge in [-0.2, -0.15) is 18.2 Å². The van der Waals surface area contributed by atoms with Gasteiger partial charge >= 0.3 is 6.18 Å². The minimum Gasteiger partial charge on any atom is -0.451 e. The lowest BCUT2D eigenvalue weighted by Gasteiger charge is -2.30. The average molecular weight is 558 g/mol. The van der Waals surface area contributed by atoms with Crippen LogP contribution in [0.15, 0.2) is 59.0 Å². The molecule has 2 aromatic heterocycles. The second kappa shape index (κ2) is 10.8. The number of aromatic nitrogens is 2. The van der Waals surface area contributed by atoms with E-state index in [2.05, 4.69) is 20.6 Å². The van der Waals surface area contributed by atoms with Crippen molar-refractivity contribution in [3.8, 4) is 11.3 Å². The van der Waals surface area contributed by atoms with E-state index in [9.17, 15) is 18.0 Å². The van der Waals surface area contributed by atoms with Gasteiger partial charge in [0.15, 0.2) is 0 Å². The van der Waals surface area contributed by atoms with Crippen molar-refractivity contribution in [3.05, 3.63) is 70.9 Å². The Hall–Kier alpha value is -3.79. The van der Waals surface area contributed by atoms with E-state index in [1.54, 1.807) is 12.1 Å². The average Bonchev–Trinajstić information content (AvgIpc) is 3.36. The van der Waals surface area contributed by atoms with Crippen LogP contribution in [0.3, 0.4) is 0 Å². The summed E-state index contributed by atoms with van der Waals surface area (Å²) in [4.78, 5) is 24.2. The number of anilines is 2. The molecule has 1 aliphatic carbocycles. The molecule has 1 fully saturated rings. The van der Waals surface area contributed by atoms with Crippen LogP contribution in [0.1, 0.15) is 41.8 Å². The van der Waals surface area contributed by atoms with Gasteiger partial charge in [0.05, 0.1) is 11.1 Å². The van der Waals surface area contributed by atoms with E-state index in [1.807, 2.05) is 43.3 Å². The van der Waals surface area contributed by atoms with Crippen LogP contribution in [0, 0.1) is 0 Å². The molecule has 0 atom stereocenters. The van der Waals surface area contributed by atoms with Gasteiger partial charge in [0.25, 0.3) is 5.91 Å². The van der Waals surface area contributed by atoms with Crippen molar-refractivity contribution in [1.82, 2.24) is 15.3 Å². The first-order valence-corrected chi connectivity index (χ1v) is 12.9. The summed E-state index contributed by atoms with van der Waals surface area (Å²) in [5.41, 5.74) is 0.690. The molecular formula is C28H27ClF3N5O2. The predicted octanol–water partition coefficient (Wildman–Crippen LogP) is 6.78. The fourth-order valence-corrected chi connectivity index (χ4v) is 4.95. The molecule has 2 aromatic carbocycles. The third-order valence-electron chi connectivity index (χ3n) is 6.77. The van der Waals surface area contributed by atoms with Crippen LogP contribution < -0.4 is 15.5 Å². The predicted molar refractivity (Wildman–Crippen MR) is 145 cm³/mol. The van der Waals surface area contributed by atoms with Crippen LogP contribution in [0.25, 0.3) is 22.2 Å². The van der Waals surface area contributed by atoms with Gasteiger partial charge in [-0.15, -0.1) is 0 Å². The molecule has 0 spiro atoms.